The lowest BCUT2D eigenvalue weighted by atomic mass is 10.2. The molecule has 19 heavy (non-hydrogen) atoms. The van der Waals surface area contributed by atoms with E-state index in [1.807, 2.05) is 16.8 Å². The molecular formula is C13H18N4O2. The Labute approximate surface area is 111 Å². The summed E-state index contributed by atoms with van der Waals surface area (Å²) in [6.07, 6.45) is 7.23. The Balaban J connectivity index is 1.80. The number of morpholine rings is 1. The number of aliphatic hydroxyl groups is 1. The lowest BCUT2D eigenvalue weighted by Gasteiger charge is -2.37. The Bertz CT molecular complexity index is 556. The third-order valence-corrected chi connectivity index (χ3v) is 3.60. The monoisotopic (exact) mass is 262 g/mol. The molecule has 0 aliphatic carbocycles. The predicted octanol–water partition coefficient (Wildman–Crippen LogP) is 0.311. The average molecular weight is 262 g/mol. The van der Waals surface area contributed by atoms with Crippen LogP contribution in [0, 0.1) is 0 Å². The van der Waals surface area contributed by atoms with Crippen LogP contribution in [-0.2, 0) is 11.3 Å². The van der Waals surface area contributed by atoms with Crippen molar-refractivity contribution in [2.24, 2.45) is 0 Å². The van der Waals surface area contributed by atoms with Gasteiger partial charge in [0.25, 0.3) is 0 Å². The van der Waals surface area contributed by atoms with Crippen LogP contribution in [-0.4, -0.2) is 56.3 Å². The van der Waals surface area contributed by atoms with Gasteiger partial charge >= 0.3 is 0 Å². The molecule has 1 fully saturated rings. The van der Waals surface area contributed by atoms with E-state index in [4.69, 9.17) is 4.74 Å². The number of imidazole rings is 1. The first kappa shape index (κ1) is 12.5. The lowest BCUT2D eigenvalue weighted by Crippen LogP contribution is -2.48. The van der Waals surface area contributed by atoms with Gasteiger partial charge in [-0.05, 0) is 6.92 Å². The van der Waals surface area contributed by atoms with E-state index in [0.717, 1.165) is 24.4 Å². The van der Waals surface area contributed by atoms with Gasteiger partial charge in [-0.1, -0.05) is 0 Å². The third-order valence-electron chi connectivity index (χ3n) is 3.60. The number of aliphatic hydroxyl groups excluding tert-OH is 1. The topological polar surface area (TPSA) is 62.9 Å². The summed E-state index contributed by atoms with van der Waals surface area (Å²) in [4.78, 5) is 10.7. The first-order chi connectivity index (χ1) is 9.28. The summed E-state index contributed by atoms with van der Waals surface area (Å²) < 4.78 is 7.60. The van der Waals surface area contributed by atoms with E-state index in [2.05, 4.69) is 21.8 Å². The highest BCUT2D eigenvalue weighted by atomic mass is 16.5. The van der Waals surface area contributed by atoms with Gasteiger partial charge in [-0.2, -0.15) is 0 Å². The van der Waals surface area contributed by atoms with Crippen molar-refractivity contribution in [2.45, 2.75) is 25.6 Å². The summed E-state index contributed by atoms with van der Waals surface area (Å²) in [5, 5.41) is 9.22. The van der Waals surface area contributed by atoms with E-state index in [1.54, 1.807) is 12.4 Å². The minimum Gasteiger partial charge on any atom is -0.394 e. The van der Waals surface area contributed by atoms with Crippen molar-refractivity contribution in [1.82, 2.24) is 19.3 Å². The van der Waals surface area contributed by atoms with Crippen LogP contribution in [0.15, 0.2) is 24.8 Å². The van der Waals surface area contributed by atoms with Gasteiger partial charge in [0, 0.05) is 31.5 Å². The van der Waals surface area contributed by atoms with Crippen LogP contribution in [0.5, 0.6) is 0 Å². The molecule has 0 saturated carbocycles. The fourth-order valence-corrected chi connectivity index (χ4v) is 2.43. The van der Waals surface area contributed by atoms with Crippen LogP contribution < -0.4 is 0 Å². The number of nitrogens with zero attached hydrogens (tertiary/aromatic N) is 4. The second-order valence-electron chi connectivity index (χ2n) is 4.97. The zero-order chi connectivity index (χ0) is 13.2. The highest BCUT2D eigenvalue weighted by Crippen LogP contribution is 2.16. The number of hydrogen-bond donors (Lipinski definition) is 1. The molecule has 2 aromatic rings. The van der Waals surface area contributed by atoms with Crippen LogP contribution in [0.4, 0.5) is 0 Å². The second kappa shape index (κ2) is 5.24. The van der Waals surface area contributed by atoms with Gasteiger partial charge in [0.1, 0.15) is 0 Å². The highest BCUT2D eigenvalue weighted by Gasteiger charge is 2.26. The Hall–Kier alpha value is -1.50. The van der Waals surface area contributed by atoms with Crippen LogP contribution in [0.2, 0.25) is 0 Å². The summed E-state index contributed by atoms with van der Waals surface area (Å²) >= 11 is 0. The van der Waals surface area contributed by atoms with Gasteiger partial charge < -0.3 is 9.84 Å². The summed E-state index contributed by atoms with van der Waals surface area (Å²) in [5.74, 6) is 0. The Morgan fingerprint density at radius 2 is 2.37 bits per heavy atom. The Morgan fingerprint density at radius 3 is 3.21 bits per heavy atom. The number of aromatic nitrogens is 3. The fourth-order valence-electron chi connectivity index (χ4n) is 2.43. The molecule has 0 amide bonds. The smallest absolute Gasteiger partial charge is 0.155 e. The van der Waals surface area contributed by atoms with Crippen molar-refractivity contribution in [3.05, 3.63) is 30.5 Å². The number of hydrogen-bond acceptors (Lipinski definition) is 5. The molecule has 102 valence electrons. The van der Waals surface area contributed by atoms with Crippen molar-refractivity contribution in [1.29, 1.82) is 0 Å². The predicted molar refractivity (Wildman–Crippen MR) is 69.7 cm³/mol. The molecule has 1 aliphatic heterocycles. The summed E-state index contributed by atoms with van der Waals surface area (Å²) in [6, 6.07) is 0.343. The van der Waals surface area contributed by atoms with Gasteiger partial charge in [-0.25, -0.2) is 4.98 Å². The molecule has 2 aromatic heterocycles. The minimum absolute atomic E-state index is 0.0697. The van der Waals surface area contributed by atoms with Gasteiger partial charge in [-0.15, -0.1) is 0 Å². The molecule has 3 rings (SSSR count). The maximum Gasteiger partial charge on any atom is 0.155 e. The van der Waals surface area contributed by atoms with Gasteiger partial charge in [-0.3, -0.25) is 14.3 Å². The summed E-state index contributed by atoms with van der Waals surface area (Å²) in [5.41, 5.74) is 1.99. The second-order valence-corrected chi connectivity index (χ2v) is 4.97. The molecule has 1 N–H and O–H groups in total. The molecule has 1 saturated heterocycles. The molecule has 1 aliphatic rings. The van der Waals surface area contributed by atoms with Crippen molar-refractivity contribution in [3.63, 3.8) is 0 Å². The molecule has 3 heterocycles. The molecule has 2 unspecified atom stereocenters. The van der Waals surface area contributed by atoms with Crippen molar-refractivity contribution in [3.8, 4) is 0 Å². The highest BCUT2D eigenvalue weighted by molar-refractivity contribution is 5.36. The molecular weight excluding hydrogens is 244 g/mol. The molecule has 0 radical (unpaired) electrons. The Kier molecular flexibility index (Phi) is 3.46. The van der Waals surface area contributed by atoms with E-state index < -0.39 is 0 Å². The largest absolute Gasteiger partial charge is 0.394 e. The van der Waals surface area contributed by atoms with Crippen LogP contribution in [0.1, 0.15) is 12.6 Å². The fraction of sp³-hybridized carbons (Fsp3) is 0.538. The van der Waals surface area contributed by atoms with Crippen LogP contribution >= 0.6 is 0 Å². The zero-order valence-corrected chi connectivity index (χ0v) is 10.9. The van der Waals surface area contributed by atoms with Crippen molar-refractivity contribution in [2.75, 3.05) is 19.8 Å². The first-order valence-corrected chi connectivity index (χ1v) is 6.50. The van der Waals surface area contributed by atoms with E-state index in [9.17, 15) is 5.11 Å². The van der Waals surface area contributed by atoms with E-state index in [1.165, 1.54) is 0 Å². The maximum absolute atomic E-state index is 9.22. The number of rotatable bonds is 3. The van der Waals surface area contributed by atoms with E-state index in [0.29, 0.717) is 12.6 Å². The zero-order valence-electron chi connectivity index (χ0n) is 10.9. The third kappa shape index (κ3) is 2.47. The van der Waals surface area contributed by atoms with Crippen molar-refractivity contribution < 1.29 is 9.84 Å². The first-order valence-electron chi connectivity index (χ1n) is 6.50. The van der Waals surface area contributed by atoms with Gasteiger partial charge in [0.2, 0.25) is 0 Å². The number of ether oxygens (including phenoxy) is 1. The SMILES string of the molecule is CC1COC(CO)CN1Cc1cnc2cnccn12. The normalized spacial score (nSPS) is 24.9. The Morgan fingerprint density at radius 1 is 1.47 bits per heavy atom. The van der Waals surface area contributed by atoms with Crippen LogP contribution in [0.3, 0.4) is 0 Å². The lowest BCUT2D eigenvalue weighted by molar-refractivity contribution is -0.0809. The molecule has 6 heteroatoms. The molecule has 2 atom stereocenters. The van der Waals surface area contributed by atoms with Crippen LogP contribution in [0.25, 0.3) is 5.65 Å². The molecule has 0 aromatic carbocycles. The minimum atomic E-state index is -0.0861. The molecule has 6 nitrogen and oxygen atoms in total. The standard InChI is InChI=1S/C13H18N4O2/c1-10-9-19-12(8-18)7-16(10)6-11-4-15-13-5-14-2-3-17(11)13/h2-5,10,12,18H,6-9H2,1H3. The van der Waals surface area contributed by atoms with Gasteiger partial charge in [0.05, 0.1) is 37.4 Å². The maximum atomic E-state index is 9.22. The summed E-state index contributed by atoms with van der Waals surface area (Å²) in [7, 11) is 0. The summed E-state index contributed by atoms with van der Waals surface area (Å²) in [6.45, 7) is 4.41. The molecule has 0 bridgehead atoms. The number of fused-ring (bicyclic) bond motifs is 1. The quantitative estimate of drug-likeness (QED) is 0.862. The average Bonchev–Trinajstić information content (AvgIpc) is 2.85. The van der Waals surface area contributed by atoms with Crippen molar-refractivity contribution >= 4 is 5.65 Å². The van der Waals surface area contributed by atoms with Gasteiger partial charge in [0.15, 0.2) is 5.65 Å². The van der Waals surface area contributed by atoms with E-state index in [-0.39, 0.29) is 12.7 Å². The van der Waals surface area contributed by atoms with E-state index >= 15 is 0 Å². The molecule has 0 spiro atoms.